The summed E-state index contributed by atoms with van der Waals surface area (Å²) in [6, 6.07) is 5.88. The summed E-state index contributed by atoms with van der Waals surface area (Å²) in [6.45, 7) is 1.91. The third-order valence-electron chi connectivity index (χ3n) is 5.54. The highest BCUT2D eigenvalue weighted by molar-refractivity contribution is 7.13. The van der Waals surface area contributed by atoms with Gasteiger partial charge in [0.25, 0.3) is 0 Å². The molecule has 4 nitrogen and oxygen atoms in total. The van der Waals surface area contributed by atoms with Gasteiger partial charge in [-0.2, -0.15) is 0 Å². The summed E-state index contributed by atoms with van der Waals surface area (Å²) in [6.07, 6.45) is 1.61. The van der Waals surface area contributed by atoms with Gasteiger partial charge < -0.3 is 4.74 Å². The van der Waals surface area contributed by atoms with Crippen LogP contribution in [0.2, 0.25) is 0 Å². The van der Waals surface area contributed by atoms with Crippen LogP contribution in [-0.4, -0.2) is 41.6 Å². The Balaban J connectivity index is 1.53. The Hall–Kier alpha value is -1.79. The average Bonchev–Trinajstić information content (AvgIpc) is 3.19. The van der Waals surface area contributed by atoms with Crippen molar-refractivity contribution in [3.63, 3.8) is 0 Å². The molecule has 3 saturated heterocycles. The standard InChI is InChI=1S/C21H25FN2O2S/c1-21(2,11-19(25)26-17-12-24-9-7-14(17)8-10-24)18-13-27-20(23-18)15-3-5-16(22)6-4-15/h3-6,13-14,17H,7-12H2,1-2H3/t17-/m1/s1/i1D3/t17-,21?. The normalized spacial score (nSPS) is 28.7. The monoisotopic (exact) mass is 391 g/mol. The highest BCUT2D eigenvalue weighted by atomic mass is 32.1. The second-order valence-electron chi connectivity index (χ2n) is 7.72. The van der Waals surface area contributed by atoms with Gasteiger partial charge in [-0.25, -0.2) is 9.37 Å². The smallest absolute Gasteiger partial charge is 0.307 e. The van der Waals surface area contributed by atoms with Crippen LogP contribution >= 0.6 is 11.3 Å². The van der Waals surface area contributed by atoms with Crippen LogP contribution in [0.15, 0.2) is 29.6 Å². The number of fused-ring (bicyclic) bond motifs is 3. The minimum atomic E-state index is -2.44. The van der Waals surface area contributed by atoms with E-state index in [0.29, 0.717) is 22.2 Å². The van der Waals surface area contributed by atoms with Crippen molar-refractivity contribution in [1.82, 2.24) is 9.88 Å². The molecule has 0 amide bonds. The van der Waals surface area contributed by atoms with Crippen molar-refractivity contribution in [1.29, 1.82) is 0 Å². The van der Waals surface area contributed by atoms with Gasteiger partial charge in [-0.3, -0.25) is 9.69 Å². The molecule has 144 valence electrons. The Morgan fingerprint density at radius 3 is 2.78 bits per heavy atom. The molecule has 3 aliphatic rings. The summed E-state index contributed by atoms with van der Waals surface area (Å²) in [4.78, 5) is 19.6. The molecular weight excluding hydrogens is 363 g/mol. The zero-order chi connectivity index (χ0) is 21.5. The van der Waals surface area contributed by atoms with E-state index in [4.69, 9.17) is 8.85 Å². The van der Waals surface area contributed by atoms with E-state index in [1.54, 1.807) is 24.4 Å². The molecule has 0 saturated carbocycles. The van der Waals surface area contributed by atoms with Crippen LogP contribution in [0.25, 0.3) is 10.6 Å². The number of nitrogens with zero attached hydrogens (tertiary/aromatic N) is 2. The van der Waals surface area contributed by atoms with Gasteiger partial charge >= 0.3 is 5.97 Å². The van der Waals surface area contributed by atoms with E-state index in [-0.39, 0.29) is 18.3 Å². The van der Waals surface area contributed by atoms with Crippen LogP contribution in [0.3, 0.4) is 0 Å². The van der Waals surface area contributed by atoms with Gasteiger partial charge in [-0.15, -0.1) is 11.3 Å². The Labute approximate surface area is 167 Å². The van der Waals surface area contributed by atoms with Crippen LogP contribution < -0.4 is 0 Å². The molecule has 0 spiro atoms. The average molecular weight is 392 g/mol. The second kappa shape index (κ2) is 7.32. The van der Waals surface area contributed by atoms with E-state index in [0.717, 1.165) is 32.5 Å². The number of piperidine rings is 3. The van der Waals surface area contributed by atoms with Gasteiger partial charge in [-0.1, -0.05) is 13.8 Å². The number of carbonyl (C=O) groups excluding carboxylic acids is 1. The number of thiazole rings is 1. The molecule has 27 heavy (non-hydrogen) atoms. The molecule has 6 heteroatoms. The van der Waals surface area contributed by atoms with Gasteiger partial charge in [0.05, 0.1) is 12.1 Å². The van der Waals surface area contributed by atoms with Gasteiger partial charge in [0.1, 0.15) is 16.9 Å². The molecule has 0 N–H and O–H groups in total. The Morgan fingerprint density at radius 1 is 1.41 bits per heavy atom. The summed E-state index contributed by atoms with van der Waals surface area (Å²) in [5, 5.41) is 2.26. The van der Waals surface area contributed by atoms with Gasteiger partial charge in [-0.05, 0) is 56.1 Å². The van der Waals surface area contributed by atoms with E-state index in [1.165, 1.54) is 23.5 Å². The largest absolute Gasteiger partial charge is 0.461 e. The molecule has 4 heterocycles. The maximum absolute atomic E-state index is 13.2. The molecule has 2 aromatic rings. The first-order chi connectivity index (χ1) is 14.2. The zero-order valence-electron chi connectivity index (χ0n) is 18.3. The van der Waals surface area contributed by atoms with Gasteiger partial charge in [0, 0.05) is 27.0 Å². The SMILES string of the molecule is [2H]C([2H])([2H])C(C)(CC(=O)O[C@@H]1CN2CCC1CC2)c1csc(-c2ccc(F)cc2)n1. The van der Waals surface area contributed by atoms with Crippen LogP contribution in [0.5, 0.6) is 0 Å². The van der Waals surface area contributed by atoms with E-state index in [2.05, 4.69) is 9.88 Å². The first-order valence-electron chi connectivity index (χ1n) is 10.8. The quantitative estimate of drug-likeness (QED) is 0.715. The molecule has 1 aromatic heterocycles. The van der Waals surface area contributed by atoms with Crippen LogP contribution in [-0.2, 0) is 14.9 Å². The predicted octanol–water partition coefficient (Wildman–Crippen LogP) is 4.25. The Morgan fingerprint density at radius 2 is 2.15 bits per heavy atom. The third-order valence-corrected chi connectivity index (χ3v) is 6.43. The number of carbonyl (C=O) groups is 1. The Bertz CT molecular complexity index is 910. The van der Waals surface area contributed by atoms with Gasteiger partial charge in [0.2, 0.25) is 0 Å². The van der Waals surface area contributed by atoms with Gasteiger partial charge in [0.15, 0.2) is 0 Å². The second-order valence-corrected chi connectivity index (χ2v) is 8.58. The van der Waals surface area contributed by atoms with E-state index in [9.17, 15) is 9.18 Å². The predicted molar refractivity (Wildman–Crippen MR) is 104 cm³/mol. The molecule has 3 aliphatic heterocycles. The third kappa shape index (κ3) is 4.06. The minimum Gasteiger partial charge on any atom is -0.461 e. The topological polar surface area (TPSA) is 42.4 Å². The van der Waals surface area contributed by atoms with Crippen molar-refractivity contribution in [3.05, 3.63) is 41.2 Å². The van der Waals surface area contributed by atoms with E-state index >= 15 is 0 Å². The Kier molecular flexibility index (Phi) is 4.11. The highest BCUT2D eigenvalue weighted by Gasteiger charge is 2.37. The number of benzene rings is 1. The van der Waals surface area contributed by atoms with Crippen molar-refractivity contribution in [3.8, 4) is 10.6 Å². The molecule has 2 atom stereocenters. The molecule has 1 aromatic carbocycles. The van der Waals surface area contributed by atoms with Crippen LogP contribution in [0, 0.1) is 11.7 Å². The van der Waals surface area contributed by atoms with E-state index < -0.39 is 18.2 Å². The van der Waals surface area contributed by atoms with Crippen LogP contribution in [0.4, 0.5) is 4.39 Å². The lowest BCUT2D eigenvalue weighted by Crippen LogP contribution is -2.52. The molecular formula is C21H25FN2O2S. The summed E-state index contributed by atoms with van der Waals surface area (Å²) in [5.74, 6) is -0.482. The number of hydrogen-bond donors (Lipinski definition) is 0. The number of rotatable bonds is 5. The summed E-state index contributed by atoms with van der Waals surface area (Å²) >= 11 is 1.28. The zero-order valence-corrected chi connectivity index (χ0v) is 16.1. The number of aromatic nitrogens is 1. The fourth-order valence-electron chi connectivity index (χ4n) is 3.89. The molecule has 0 aliphatic carbocycles. The molecule has 1 unspecified atom stereocenters. The molecule has 5 rings (SSSR count). The first-order valence-corrected chi connectivity index (χ1v) is 10.2. The van der Waals surface area contributed by atoms with Crippen molar-refractivity contribution >= 4 is 17.3 Å². The fraction of sp³-hybridized carbons (Fsp3) is 0.524. The lowest BCUT2D eigenvalue weighted by atomic mass is 9.85. The van der Waals surface area contributed by atoms with Crippen molar-refractivity contribution < 1.29 is 18.0 Å². The number of ether oxygens (including phenoxy) is 1. The lowest BCUT2D eigenvalue weighted by molar-refractivity contribution is -0.160. The molecule has 3 fully saturated rings. The summed E-state index contributed by atoms with van der Waals surface area (Å²) < 4.78 is 43.2. The van der Waals surface area contributed by atoms with Crippen LogP contribution in [0.1, 0.15) is 42.8 Å². The van der Waals surface area contributed by atoms with E-state index in [1.807, 2.05) is 0 Å². The maximum Gasteiger partial charge on any atom is 0.307 e. The van der Waals surface area contributed by atoms with Crippen molar-refractivity contribution in [2.75, 3.05) is 19.6 Å². The maximum atomic E-state index is 13.2. The fourth-order valence-corrected chi connectivity index (χ4v) is 4.85. The molecule has 2 bridgehead atoms. The van der Waals surface area contributed by atoms with Crippen molar-refractivity contribution in [2.45, 2.75) is 44.6 Å². The lowest BCUT2D eigenvalue weighted by Gasteiger charge is -2.44. The minimum absolute atomic E-state index is 0.161. The summed E-state index contributed by atoms with van der Waals surface area (Å²) in [7, 11) is 0. The molecule has 0 radical (unpaired) electrons. The highest BCUT2D eigenvalue weighted by Crippen LogP contribution is 2.34. The number of esters is 1. The first kappa shape index (κ1) is 15.2. The number of hydrogen-bond acceptors (Lipinski definition) is 5. The number of halogens is 1. The summed E-state index contributed by atoms with van der Waals surface area (Å²) in [5.41, 5.74) is -0.430. The van der Waals surface area contributed by atoms with Crippen molar-refractivity contribution in [2.24, 2.45) is 5.92 Å².